The molecule has 0 heterocycles. The highest BCUT2D eigenvalue weighted by Crippen LogP contribution is 2.28. The molecule has 1 N–H and O–H groups in total. The van der Waals surface area contributed by atoms with Crippen LogP contribution in [0.5, 0.6) is 5.75 Å². The van der Waals surface area contributed by atoms with Crippen LogP contribution in [0.15, 0.2) is 47.4 Å². The van der Waals surface area contributed by atoms with Crippen molar-refractivity contribution in [3.8, 4) is 5.75 Å². The Kier molecular flexibility index (Phi) is 5.38. The number of carbonyl (C=O) groups excluding carboxylic acids is 1. The fourth-order valence-corrected chi connectivity index (χ4v) is 2.75. The van der Waals surface area contributed by atoms with Gasteiger partial charge in [0, 0.05) is 23.6 Å². The average Bonchev–Trinajstić information content (AvgIpc) is 2.54. The summed E-state index contributed by atoms with van der Waals surface area (Å²) in [6.45, 7) is 1.95. The molecule has 0 saturated heterocycles. The molecule has 0 aromatic heterocycles. The van der Waals surface area contributed by atoms with Crippen LogP contribution in [0.3, 0.4) is 0 Å². The van der Waals surface area contributed by atoms with Crippen LogP contribution in [0.4, 0.5) is 11.4 Å². The van der Waals surface area contributed by atoms with E-state index in [1.165, 1.54) is 36.4 Å². The van der Waals surface area contributed by atoms with Gasteiger partial charge in [-0.25, -0.2) is 8.42 Å². The molecule has 0 aliphatic rings. The lowest BCUT2D eigenvalue weighted by Crippen LogP contribution is -2.13. The first kappa shape index (κ1) is 18.4. The molecule has 0 radical (unpaired) electrons. The van der Waals surface area contributed by atoms with Crippen LogP contribution >= 0.6 is 0 Å². The molecule has 8 nitrogen and oxygen atoms in total. The molecule has 0 aliphatic heterocycles. The van der Waals surface area contributed by atoms with Gasteiger partial charge in [0.25, 0.3) is 5.91 Å². The van der Waals surface area contributed by atoms with E-state index in [9.17, 15) is 23.3 Å². The van der Waals surface area contributed by atoms with Crippen molar-refractivity contribution >= 4 is 27.1 Å². The lowest BCUT2D eigenvalue weighted by molar-refractivity contribution is -0.385. The van der Waals surface area contributed by atoms with Gasteiger partial charge in [-0.05, 0) is 37.3 Å². The number of anilines is 1. The predicted molar refractivity (Wildman–Crippen MR) is 91.8 cm³/mol. The number of nitro benzene ring substituents is 1. The predicted octanol–water partition coefficient (Wildman–Crippen LogP) is 2.65. The Balaban J connectivity index is 2.30. The summed E-state index contributed by atoms with van der Waals surface area (Å²) in [5.41, 5.74) is 0.00348. The Morgan fingerprint density at radius 1 is 1.24 bits per heavy atom. The van der Waals surface area contributed by atoms with Crippen LogP contribution in [0, 0.1) is 10.1 Å². The number of benzene rings is 2. The number of amides is 1. The lowest BCUT2D eigenvalue weighted by Gasteiger charge is -2.08. The number of rotatable bonds is 6. The molecule has 2 rings (SSSR count). The molecule has 0 fully saturated rings. The summed E-state index contributed by atoms with van der Waals surface area (Å²) in [4.78, 5) is 22.8. The summed E-state index contributed by atoms with van der Waals surface area (Å²) in [5, 5.41) is 13.6. The third-order valence-corrected chi connectivity index (χ3v) is 4.35. The van der Waals surface area contributed by atoms with Crippen LogP contribution in [-0.2, 0) is 9.84 Å². The van der Waals surface area contributed by atoms with E-state index in [4.69, 9.17) is 4.74 Å². The number of hydrogen-bond acceptors (Lipinski definition) is 6. The van der Waals surface area contributed by atoms with Crippen molar-refractivity contribution in [3.63, 3.8) is 0 Å². The second-order valence-corrected chi connectivity index (χ2v) is 7.14. The molecule has 1 amide bonds. The highest BCUT2D eigenvalue weighted by molar-refractivity contribution is 7.90. The van der Waals surface area contributed by atoms with Crippen LogP contribution in [-0.4, -0.2) is 32.1 Å². The molecule has 0 bridgehead atoms. The minimum atomic E-state index is -3.41. The maximum Gasteiger partial charge on any atom is 0.311 e. The number of nitrogens with one attached hydrogen (secondary N) is 1. The number of nitrogens with zero attached hydrogens (tertiary/aromatic N) is 1. The largest absolute Gasteiger partial charge is 0.487 e. The van der Waals surface area contributed by atoms with Crippen molar-refractivity contribution in [3.05, 3.63) is 58.1 Å². The number of carbonyl (C=O) groups is 1. The monoisotopic (exact) mass is 364 g/mol. The van der Waals surface area contributed by atoms with Crippen LogP contribution in [0.2, 0.25) is 0 Å². The fraction of sp³-hybridized carbons (Fsp3) is 0.188. The second kappa shape index (κ2) is 7.31. The van der Waals surface area contributed by atoms with Gasteiger partial charge in [-0.15, -0.1) is 0 Å². The molecule has 2 aromatic rings. The smallest absolute Gasteiger partial charge is 0.311 e. The van der Waals surface area contributed by atoms with E-state index >= 15 is 0 Å². The van der Waals surface area contributed by atoms with Crippen LogP contribution in [0.1, 0.15) is 17.3 Å². The standard InChI is InChI=1S/C16H16N2O6S/c1-3-24-15-8-7-11(9-14(15)18(20)21)16(19)17-12-5-4-6-13(10-12)25(2,22)23/h4-10H,3H2,1-2H3,(H,17,19). The van der Waals surface area contributed by atoms with Gasteiger partial charge >= 0.3 is 5.69 Å². The second-order valence-electron chi connectivity index (χ2n) is 5.13. The van der Waals surface area contributed by atoms with Gasteiger partial charge < -0.3 is 10.1 Å². The summed E-state index contributed by atoms with van der Waals surface area (Å²) in [6, 6.07) is 9.60. The Labute approximate surface area is 144 Å². The lowest BCUT2D eigenvalue weighted by atomic mass is 10.1. The zero-order valence-electron chi connectivity index (χ0n) is 13.6. The molecule has 0 saturated carbocycles. The number of hydrogen-bond donors (Lipinski definition) is 1. The van der Waals surface area contributed by atoms with Gasteiger partial charge in [-0.2, -0.15) is 0 Å². The molecule has 0 unspecified atom stereocenters. The number of ether oxygens (including phenoxy) is 1. The van der Waals surface area contributed by atoms with Crippen molar-refractivity contribution < 1.29 is 22.9 Å². The Hall–Kier alpha value is -2.94. The first-order valence-electron chi connectivity index (χ1n) is 7.25. The van der Waals surface area contributed by atoms with Gasteiger partial charge in [0.2, 0.25) is 0 Å². The minimum Gasteiger partial charge on any atom is -0.487 e. The minimum absolute atomic E-state index is 0.0555. The van der Waals surface area contributed by atoms with E-state index in [-0.39, 0.29) is 34.2 Å². The van der Waals surface area contributed by atoms with E-state index in [0.29, 0.717) is 0 Å². The topological polar surface area (TPSA) is 116 Å². The molecule has 0 aliphatic carbocycles. The van der Waals surface area contributed by atoms with Gasteiger partial charge in [-0.1, -0.05) is 6.07 Å². The molecular weight excluding hydrogens is 348 g/mol. The fourth-order valence-electron chi connectivity index (χ4n) is 2.09. The molecule has 0 atom stereocenters. The zero-order chi connectivity index (χ0) is 18.6. The van der Waals surface area contributed by atoms with E-state index in [1.54, 1.807) is 6.92 Å². The van der Waals surface area contributed by atoms with Crippen molar-refractivity contribution in [2.45, 2.75) is 11.8 Å². The van der Waals surface area contributed by atoms with Crippen molar-refractivity contribution in [2.75, 3.05) is 18.2 Å². The number of nitro groups is 1. The normalized spacial score (nSPS) is 11.0. The SMILES string of the molecule is CCOc1ccc(C(=O)Nc2cccc(S(C)(=O)=O)c2)cc1[N+](=O)[O-]. The summed E-state index contributed by atoms with van der Waals surface area (Å²) in [5.74, 6) is -0.528. The van der Waals surface area contributed by atoms with Crippen molar-refractivity contribution in [1.29, 1.82) is 0 Å². The highest BCUT2D eigenvalue weighted by atomic mass is 32.2. The summed E-state index contributed by atoms with van der Waals surface area (Å²) >= 11 is 0. The highest BCUT2D eigenvalue weighted by Gasteiger charge is 2.19. The molecule has 25 heavy (non-hydrogen) atoms. The third-order valence-electron chi connectivity index (χ3n) is 3.24. The Morgan fingerprint density at radius 2 is 1.96 bits per heavy atom. The molecular formula is C16H16N2O6S. The van der Waals surface area contributed by atoms with E-state index in [2.05, 4.69) is 5.32 Å². The summed E-state index contributed by atoms with van der Waals surface area (Å²) < 4.78 is 28.3. The third kappa shape index (κ3) is 4.54. The van der Waals surface area contributed by atoms with Gasteiger partial charge in [0.1, 0.15) is 0 Å². The van der Waals surface area contributed by atoms with Crippen LogP contribution < -0.4 is 10.1 Å². The number of sulfone groups is 1. The van der Waals surface area contributed by atoms with E-state index in [0.717, 1.165) is 12.3 Å². The van der Waals surface area contributed by atoms with E-state index in [1.807, 2.05) is 0 Å². The van der Waals surface area contributed by atoms with Gasteiger partial charge in [0.15, 0.2) is 15.6 Å². The maximum absolute atomic E-state index is 12.3. The Bertz CT molecular complexity index is 924. The first-order chi connectivity index (χ1) is 11.7. The van der Waals surface area contributed by atoms with Crippen LogP contribution in [0.25, 0.3) is 0 Å². The quantitative estimate of drug-likeness (QED) is 0.622. The first-order valence-corrected chi connectivity index (χ1v) is 9.14. The molecule has 2 aromatic carbocycles. The average molecular weight is 364 g/mol. The van der Waals surface area contributed by atoms with Gasteiger partial charge in [0.05, 0.1) is 16.4 Å². The van der Waals surface area contributed by atoms with Crippen molar-refractivity contribution in [1.82, 2.24) is 0 Å². The molecule has 9 heteroatoms. The maximum atomic E-state index is 12.3. The Morgan fingerprint density at radius 3 is 2.56 bits per heavy atom. The molecule has 132 valence electrons. The summed E-state index contributed by atoms with van der Waals surface area (Å²) in [7, 11) is -3.41. The summed E-state index contributed by atoms with van der Waals surface area (Å²) in [6.07, 6.45) is 1.06. The van der Waals surface area contributed by atoms with Crippen molar-refractivity contribution in [2.24, 2.45) is 0 Å². The van der Waals surface area contributed by atoms with E-state index < -0.39 is 20.7 Å². The molecule has 0 spiro atoms. The zero-order valence-corrected chi connectivity index (χ0v) is 14.4. The van der Waals surface area contributed by atoms with Gasteiger partial charge in [-0.3, -0.25) is 14.9 Å².